The average Bonchev–Trinajstić information content (AvgIpc) is 2.82. The van der Waals surface area contributed by atoms with E-state index in [0.717, 1.165) is 0 Å². The Kier molecular flexibility index (Phi) is 3.46. The van der Waals surface area contributed by atoms with Crippen LogP contribution in [0.4, 0.5) is 5.82 Å². The number of nitrogens with one attached hydrogen (secondary N) is 2. The van der Waals surface area contributed by atoms with Crippen molar-refractivity contribution >= 4 is 11.7 Å². The quantitative estimate of drug-likeness (QED) is 0.792. The summed E-state index contributed by atoms with van der Waals surface area (Å²) in [6, 6.07) is 3.25. The zero-order valence-corrected chi connectivity index (χ0v) is 9.97. The molecule has 0 aromatic carbocycles. The highest BCUT2D eigenvalue weighted by Crippen LogP contribution is 2.01. The lowest BCUT2D eigenvalue weighted by molar-refractivity contribution is 0.0943. The van der Waals surface area contributed by atoms with Crippen molar-refractivity contribution in [2.75, 3.05) is 12.4 Å². The number of aromatic nitrogens is 4. The maximum absolute atomic E-state index is 11.7. The van der Waals surface area contributed by atoms with Crippen LogP contribution in [0.25, 0.3) is 0 Å². The lowest BCUT2D eigenvalue weighted by Crippen LogP contribution is -2.24. The minimum Gasteiger partial charge on any atom is -0.372 e. The van der Waals surface area contributed by atoms with Crippen molar-refractivity contribution in [1.29, 1.82) is 0 Å². The van der Waals surface area contributed by atoms with Gasteiger partial charge in [0.1, 0.15) is 5.82 Å². The molecule has 0 aliphatic rings. The lowest BCUT2D eigenvalue weighted by Gasteiger charge is -2.02. The Morgan fingerprint density at radius 3 is 2.78 bits per heavy atom. The van der Waals surface area contributed by atoms with Gasteiger partial charge < -0.3 is 15.2 Å². The van der Waals surface area contributed by atoms with Gasteiger partial charge in [0.2, 0.25) is 5.89 Å². The van der Waals surface area contributed by atoms with Crippen molar-refractivity contribution in [3.63, 3.8) is 0 Å². The Morgan fingerprint density at radius 1 is 1.39 bits per heavy atom. The van der Waals surface area contributed by atoms with Crippen LogP contribution in [0, 0.1) is 6.92 Å². The fourth-order valence-corrected chi connectivity index (χ4v) is 1.25. The molecule has 94 valence electrons. The molecule has 8 nitrogen and oxygen atoms in total. The second-order valence-corrected chi connectivity index (χ2v) is 3.47. The van der Waals surface area contributed by atoms with Gasteiger partial charge in [-0.25, -0.2) is 0 Å². The van der Waals surface area contributed by atoms with E-state index in [4.69, 9.17) is 4.52 Å². The van der Waals surface area contributed by atoms with Gasteiger partial charge in [-0.3, -0.25) is 4.79 Å². The number of amides is 1. The molecule has 0 atom stereocenters. The number of hydrogen-bond acceptors (Lipinski definition) is 7. The monoisotopic (exact) mass is 248 g/mol. The first-order valence-electron chi connectivity index (χ1n) is 5.28. The summed E-state index contributed by atoms with van der Waals surface area (Å²) in [6.45, 7) is 1.87. The van der Waals surface area contributed by atoms with Crippen molar-refractivity contribution in [2.45, 2.75) is 13.5 Å². The predicted molar refractivity (Wildman–Crippen MR) is 61.8 cm³/mol. The molecule has 8 heteroatoms. The van der Waals surface area contributed by atoms with Crippen LogP contribution in [-0.2, 0) is 6.54 Å². The average molecular weight is 248 g/mol. The van der Waals surface area contributed by atoms with Gasteiger partial charge in [-0.1, -0.05) is 5.16 Å². The minimum atomic E-state index is -0.340. The molecule has 18 heavy (non-hydrogen) atoms. The summed E-state index contributed by atoms with van der Waals surface area (Å²) in [7, 11) is 1.72. The first-order chi connectivity index (χ1) is 8.69. The van der Waals surface area contributed by atoms with E-state index < -0.39 is 0 Å². The number of carbonyl (C=O) groups is 1. The smallest absolute Gasteiger partial charge is 0.272 e. The lowest BCUT2D eigenvalue weighted by atomic mass is 10.3. The Morgan fingerprint density at radius 2 is 2.22 bits per heavy atom. The number of anilines is 1. The highest BCUT2D eigenvalue weighted by molar-refractivity contribution is 5.92. The number of nitrogens with zero attached hydrogens (tertiary/aromatic N) is 4. The molecule has 2 aromatic heterocycles. The number of rotatable bonds is 4. The molecule has 0 saturated carbocycles. The molecule has 0 radical (unpaired) electrons. The summed E-state index contributed by atoms with van der Waals surface area (Å²) in [4.78, 5) is 15.7. The highest BCUT2D eigenvalue weighted by Gasteiger charge is 2.09. The minimum absolute atomic E-state index is 0.186. The topological polar surface area (TPSA) is 106 Å². The van der Waals surface area contributed by atoms with Crippen molar-refractivity contribution in [3.8, 4) is 0 Å². The van der Waals surface area contributed by atoms with E-state index in [1.807, 2.05) is 0 Å². The molecule has 0 aliphatic heterocycles. The second kappa shape index (κ2) is 5.21. The largest absolute Gasteiger partial charge is 0.372 e. The molecule has 0 fully saturated rings. The fourth-order valence-electron chi connectivity index (χ4n) is 1.25. The summed E-state index contributed by atoms with van der Waals surface area (Å²) in [6.07, 6.45) is 0. The van der Waals surface area contributed by atoms with E-state index in [9.17, 15) is 4.79 Å². The van der Waals surface area contributed by atoms with Gasteiger partial charge in [-0.2, -0.15) is 4.98 Å². The van der Waals surface area contributed by atoms with Crippen LogP contribution in [0.1, 0.15) is 22.2 Å². The van der Waals surface area contributed by atoms with Crippen molar-refractivity contribution < 1.29 is 9.32 Å². The normalized spacial score (nSPS) is 10.1. The van der Waals surface area contributed by atoms with Gasteiger partial charge >= 0.3 is 0 Å². The summed E-state index contributed by atoms with van der Waals surface area (Å²) in [5.41, 5.74) is 0.231. The van der Waals surface area contributed by atoms with Crippen molar-refractivity contribution in [3.05, 3.63) is 29.5 Å². The van der Waals surface area contributed by atoms with Gasteiger partial charge in [0.25, 0.3) is 5.91 Å². The molecule has 2 heterocycles. The van der Waals surface area contributed by atoms with Crippen LogP contribution in [0.2, 0.25) is 0 Å². The van der Waals surface area contributed by atoms with Crippen LogP contribution in [0.5, 0.6) is 0 Å². The van der Waals surface area contributed by atoms with Gasteiger partial charge in [-0.05, 0) is 12.1 Å². The van der Waals surface area contributed by atoms with Crippen LogP contribution in [-0.4, -0.2) is 33.3 Å². The third kappa shape index (κ3) is 2.78. The van der Waals surface area contributed by atoms with Crippen LogP contribution < -0.4 is 10.6 Å². The van der Waals surface area contributed by atoms with Crippen LogP contribution >= 0.6 is 0 Å². The van der Waals surface area contributed by atoms with Crippen molar-refractivity contribution in [1.82, 2.24) is 25.7 Å². The maximum Gasteiger partial charge on any atom is 0.272 e. The zero-order chi connectivity index (χ0) is 13.0. The van der Waals surface area contributed by atoms with E-state index in [2.05, 4.69) is 31.0 Å². The number of hydrogen-bond donors (Lipinski definition) is 2. The zero-order valence-electron chi connectivity index (χ0n) is 9.97. The Labute approximate surface area is 103 Å². The summed E-state index contributed by atoms with van der Waals surface area (Å²) in [5, 5.41) is 16.7. The number of aryl methyl sites for hydroxylation is 1. The van der Waals surface area contributed by atoms with E-state index in [1.54, 1.807) is 26.1 Å². The molecule has 0 unspecified atom stereocenters. The van der Waals surface area contributed by atoms with Gasteiger partial charge in [0.05, 0.1) is 6.54 Å². The summed E-state index contributed by atoms with van der Waals surface area (Å²) >= 11 is 0. The summed E-state index contributed by atoms with van der Waals surface area (Å²) in [5.74, 6) is 1.13. The Bertz CT molecular complexity index is 536. The second-order valence-electron chi connectivity index (χ2n) is 3.47. The maximum atomic E-state index is 11.7. The van der Waals surface area contributed by atoms with E-state index in [-0.39, 0.29) is 18.1 Å². The third-order valence-electron chi connectivity index (χ3n) is 2.13. The molecule has 0 spiro atoms. The standard InChI is InChI=1S/C10H12N6O2/c1-6-13-9(16-18-6)5-12-10(17)7-3-4-8(11-2)15-14-7/h3-4H,5H2,1-2H3,(H,11,15)(H,12,17). The molecule has 1 amide bonds. The molecular weight excluding hydrogens is 236 g/mol. The van der Waals surface area contributed by atoms with E-state index >= 15 is 0 Å². The van der Waals surface area contributed by atoms with E-state index in [1.165, 1.54) is 0 Å². The Balaban J connectivity index is 1.94. The third-order valence-corrected chi connectivity index (χ3v) is 2.13. The highest BCUT2D eigenvalue weighted by atomic mass is 16.5. The molecular formula is C10H12N6O2. The van der Waals surface area contributed by atoms with Crippen LogP contribution in [0.3, 0.4) is 0 Å². The van der Waals surface area contributed by atoms with Crippen molar-refractivity contribution in [2.24, 2.45) is 0 Å². The fraction of sp³-hybridized carbons (Fsp3) is 0.300. The first kappa shape index (κ1) is 12.0. The molecule has 0 bridgehead atoms. The SMILES string of the molecule is CNc1ccc(C(=O)NCc2noc(C)n2)nn1. The van der Waals surface area contributed by atoms with Gasteiger partial charge in [0, 0.05) is 14.0 Å². The molecule has 0 aliphatic carbocycles. The Hall–Kier alpha value is -2.51. The van der Waals surface area contributed by atoms with Gasteiger partial charge in [0.15, 0.2) is 11.5 Å². The molecule has 2 aromatic rings. The summed E-state index contributed by atoms with van der Waals surface area (Å²) < 4.78 is 4.78. The van der Waals surface area contributed by atoms with Gasteiger partial charge in [-0.15, -0.1) is 10.2 Å². The molecule has 0 saturated heterocycles. The van der Waals surface area contributed by atoms with E-state index in [0.29, 0.717) is 17.5 Å². The molecule has 2 N–H and O–H groups in total. The first-order valence-corrected chi connectivity index (χ1v) is 5.28. The molecule has 2 rings (SSSR count). The predicted octanol–water partition coefficient (Wildman–Crippen LogP) is 0.140. The van der Waals surface area contributed by atoms with Crippen LogP contribution in [0.15, 0.2) is 16.7 Å². The number of carbonyl (C=O) groups excluding carboxylic acids is 1.